The standard InChI is InChI=1S/C15H19N3O2S.ClH/c1-10(17-14(19)12(16)8-20-2)15-18-13(9-21-15)11-6-4-3-5-7-11;/h3-7,9-10,12H,8,16H2,1-2H3,(H,17,19);1H. The monoisotopic (exact) mass is 341 g/mol. The lowest BCUT2D eigenvalue weighted by Gasteiger charge is -2.15. The summed E-state index contributed by atoms with van der Waals surface area (Å²) < 4.78 is 4.88. The molecular weight excluding hydrogens is 322 g/mol. The molecule has 0 saturated carbocycles. The van der Waals surface area contributed by atoms with E-state index in [1.165, 1.54) is 18.4 Å². The van der Waals surface area contributed by atoms with E-state index in [-0.39, 0.29) is 31.0 Å². The van der Waals surface area contributed by atoms with E-state index in [0.29, 0.717) is 0 Å². The summed E-state index contributed by atoms with van der Waals surface area (Å²) in [6.07, 6.45) is 0. The average Bonchev–Trinajstić information content (AvgIpc) is 2.98. The van der Waals surface area contributed by atoms with Crippen LogP contribution >= 0.6 is 23.7 Å². The minimum Gasteiger partial charge on any atom is -0.383 e. The fraction of sp³-hybridized carbons (Fsp3) is 0.333. The fourth-order valence-electron chi connectivity index (χ4n) is 1.87. The molecule has 0 aliphatic carbocycles. The normalized spacial score (nSPS) is 13.0. The van der Waals surface area contributed by atoms with Gasteiger partial charge in [-0.3, -0.25) is 4.79 Å². The van der Waals surface area contributed by atoms with Gasteiger partial charge in [0, 0.05) is 18.1 Å². The molecule has 0 aliphatic rings. The third kappa shape index (κ3) is 4.78. The Bertz CT molecular complexity index is 591. The summed E-state index contributed by atoms with van der Waals surface area (Å²) in [5.74, 6) is -0.235. The topological polar surface area (TPSA) is 77.2 Å². The van der Waals surface area contributed by atoms with Gasteiger partial charge in [-0.2, -0.15) is 0 Å². The van der Waals surface area contributed by atoms with Gasteiger partial charge < -0.3 is 15.8 Å². The number of halogens is 1. The number of rotatable bonds is 6. The van der Waals surface area contributed by atoms with Crippen molar-refractivity contribution in [2.24, 2.45) is 5.73 Å². The van der Waals surface area contributed by atoms with E-state index in [9.17, 15) is 4.79 Å². The molecule has 1 amide bonds. The molecule has 1 heterocycles. The first-order chi connectivity index (χ1) is 10.1. The highest BCUT2D eigenvalue weighted by atomic mass is 35.5. The maximum absolute atomic E-state index is 11.9. The number of ether oxygens (including phenoxy) is 1. The number of carbonyl (C=O) groups is 1. The van der Waals surface area contributed by atoms with Crippen molar-refractivity contribution >= 4 is 29.7 Å². The summed E-state index contributed by atoms with van der Waals surface area (Å²) in [6, 6.07) is 9.10. The predicted molar refractivity (Wildman–Crippen MR) is 91.2 cm³/mol. The highest BCUT2D eigenvalue weighted by Crippen LogP contribution is 2.25. The molecule has 2 unspecified atom stereocenters. The van der Waals surface area contributed by atoms with Crippen molar-refractivity contribution in [1.29, 1.82) is 0 Å². The van der Waals surface area contributed by atoms with Crippen LogP contribution in [0.15, 0.2) is 35.7 Å². The zero-order chi connectivity index (χ0) is 15.2. The largest absolute Gasteiger partial charge is 0.383 e. The van der Waals surface area contributed by atoms with Crippen molar-refractivity contribution in [3.05, 3.63) is 40.7 Å². The molecule has 120 valence electrons. The number of thiazole rings is 1. The molecule has 2 rings (SSSR count). The molecular formula is C15H20ClN3O2S. The third-order valence-corrected chi connectivity index (χ3v) is 4.03. The second-order valence-corrected chi connectivity index (χ2v) is 5.62. The Morgan fingerprint density at radius 1 is 1.41 bits per heavy atom. The molecule has 0 radical (unpaired) electrons. The summed E-state index contributed by atoms with van der Waals surface area (Å²) in [7, 11) is 1.52. The molecule has 1 aromatic carbocycles. The van der Waals surface area contributed by atoms with Gasteiger partial charge in [-0.1, -0.05) is 30.3 Å². The van der Waals surface area contributed by atoms with Crippen LogP contribution in [0.2, 0.25) is 0 Å². The van der Waals surface area contributed by atoms with E-state index >= 15 is 0 Å². The highest BCUT2D eigenvalue weighted by Gasteiger charge is 2.18. The number of hydrogen-bond acceptors (Lipinski definition) is 5. The van der Waals surface area contributed by atoms with Crippen LogP contribution in [0, 0.1) is 0 Å². The van der Waals surface area contributed by atoms with Crippen molar-refractivity contribution in [1.82, 2.24) is 10.3 Å². The second kappa shape index (κ2) is 8.85. The van der Waals surface area contributed by atoms with Crippen LogP contribution in [0.1, 0.15) is 18.0 Å². The number of hydrogen-bond donors (Lipinski definition) is 2. The molecule has 2 aromatic rings. The molecule has 0 saturated heterocycles. The van der Waals surface area contributed by atoms with Gasteiger partial charge >= 0.3 is 0 Å². The van der Waals surface area contributed by atoms with E-state index < -0.39 is 6.04 Å². The molecule has 0 spiro atoms. The molecule has 5 nitrogen and oxygen atoms in total. The maximum Gasteiger partial charge on any atom is 0.239 e. The van der Waals surface area contributed by atoms with Gasteiger partial charge in [0.25, 0.3) is 0 Å². The molecule has 22 heavy (non-hydrogen) atoms. The van der Waals surface area contributed by atoms with Crippen LogP contribution in [-0.4, -0.2) is 30.6 Å². The van der Waals surface area contributed by atoms with Crippen LogP contribution in [0.5, 0.6) is 0 Å². The van der Waals surface area contributed by atoms with Crippen molar-refractivity contribution in [3.8, 4) is 11.3 Å². The van der Waals surface area contributed by atoms with Crippen molar-refractivity contribution in [2.75, 3.05) is 13.7 Å². The van der Waals surface area contributed by atoms with E-state index in [1.54, 1.807) is 0 Å². The minimum absolute atomic E-state index is 0. The number of carbonyl (C=O) groups excluding carboxylic acids is 1. The predicted octanol–water partition coefficient (Wildman–Crippen LogP) is 2.38. The number of methoxy groups -OCH3 is 1. The quantitative estimate of drug-likeness (QED) is 0.845. The van der Waals surface area contributed by atoms with Gasteiger partial charge in [-0.15, -0.1) is 23.7 Å². The molecule has 1 aromatic heterocycles. The number of aromatic nitrogens is 1. The van der Waals surface area contributed by atoms with E-state index in [4.69, 9.17) is 10.5 Å². The summed E-state index contributed by atoms with van der Waals surface area (Å²) >= 11 is 1.52. The third-order valence-electron chi connectivity index (χ3n) is 3.00. The summed E-state index contributed by atoms with van der Waals surface area (Å²) in [5.41, 5.74) is 7.68. The molecule has 0 bridgehead atoms. The summed E-state index contributed by atoms with van der Waals surface area (Å²) in [4.78, 5) is 16.4. The minimum atomic E-state index is -0.661. The van der Waals surface area contributed by atoms with Crippen LogP contribution in [0.4, 0.5) is 0 Å². The van der Waals surface area contributed by atoms with Gasteiger partial charge in [0.2, 0.25) is 5.91 Å². The zero-order valence-electron chi connectivity index (χ0n) is 12.5. The Morgan fingerprint density at radius 3 is 2.73 bits per heavy atom. The van der Waals surface area contributed by atoms with Crippen molar-refractivity contribution in [3.63, 3.8) is 0 Å². The van der Waals surface area contributed by atoms with Crippen LogP contribution in [0.25, 0.3) is 11.3 Å². The Balaban J connectivity index is 0.00000242. The lowest BCUT2D eigenvalue weighted by atomic mass is 10.2. The fourth-order valence-corrected chi connectivity index (χ4v) is 2.70. The molecule has 0 fully saturated rings. The Labute approximate surface area is 140 Å². The van der Waals surface area contributed by atoms with Gasteiger partial charge in [0.05, 0.1) is 18.3 Å². The first kappa shape index (κ1) is 18.6. The average molecular weight is 342 g/mol. The zero-order valence-corrected chi connectivity index (χ0v) is 14.1. The van der Waals surface area contributed by atoms with Crippen LogP contribution in [-0.2, 0) is 9.53 Å². The number of nitrogens with one attached hydrogen (secondary N) is 1. The summed E-state index contributed by atoms with van der Waals surface area (Å²) in [6.45, 7) is 2.09. The number of amides is 1. The molecule has 0 aliphatic heterocycles. The van der Waals surface area contributed by atoms with Gasteiger partial charge in [0.15, 0.2) is 0 Å². The second-order valence-electron chi connectivity index (χ2n) is 4.73. The van der Waals surface area contributed by atoms with E-state index in [1.807, 2.05) is 42.6 Å². The molecule has 3 N–H and O–H groups in total. The van der Waals surface area contributed by atoms with E-state index in [2.05, 4.69) is 10.3 Å². The molecule has 2 atom stereocenters. The van der Waals surface area contributed by atoms with E-state index in [0.717, 1.165) is 16.3 Å². The van der Waals surface area contributed by atoms with Gasteiger partial charge in [0.1, 0.15) is 11.0 Å². The van der Waals surface area contributed by atoms with Gasteiger partial charge in [-0.25, -0.2) is 4.98 Å². The van der Waals surface area contributed by atoms with Gasteiger partial charge in [-0.05, 0) is 6.92 Å². The van der Waals surface area contributed by atoms with Crippen molar-refractivity contribution < 1.29 is 9.53 Å². The Morgan fingerprint density at radius 2 is 2.09 bits per heavy atom. The lowest BCUT2D eigenvalue weighted by molar-refractivity contribution is -0.124. The van der Waals surface area contributed by atoms with Crippen molar-refractivity contribution in [2.45, 2.75) is 19.0 Å². The number of nitrogens with zero attached hydrogens (tertiary/aromatic N) is 1. The number of nitrogens with two attached hydrogens (primary N) is 1. The smallest absolute Gasteiger partial charge is 0.239 e. The summed E-state index contributed by atoms with van der Waals surface area (Å²) in [5, 5.41) is 5.69. The Hall–Kier alpha value is -1.47. The van der Waals surface area contributed by atoms with Crippen LogP contribution in [0.3, 0.4) is 0 Å². The lowest BCUT2D eigenvalue weighted by Crippen LogP contribution is -2.44. The highest BCUT2D eigenvalue weighted by molar-refractivity contribution is 7.10. The maximum atomic E-state index is 11.9. The van der Waals surface area contributed by atoms with Crippen LogP contribution < -0.4 is 11.1 Å². The first-order valence-electron chi connectivity index (χ1n) is 6.67. The number of benzene rings is 1. The Kier molecular flexibility index (Phi) is 7.47. The first-order valence-corrected chi connectivity index (χ1v) is 7.55. The SMILES string of the molecule is COCC(N)C(=O)NC(C)c1nc(-c2ccccc2)cs1.Cl. The molecule has 7 heteroatoms.